The van der Waals surface area contributed by atoms with Gasteiger partial charge in [0.1, 0.15) is 29.6 Å². The van der Waals surface area contributed by atoms with Crippen molar-refractivity contribution in [1.82, 2.24) is 25.9 Å². The Labute approximate surface area is 189 Å². The molecule has 0 saturated carbocycles. The lowest BCUT2D eigenvalue weighted by Gasteiger charge is -2.18. The molecule has 1 aliphatic heterocycles. The Morgan fingerprint density at radius 3 is 2.91 bits per heavy atom. The molecule has 1 aliphatic rings. The summed E-state index contributed by atoms with van der Waals surface area (Å²) < 4.78 is 17.9. The molecule has 2 aromatic carbocycles. The number of carbonyl (C=O) groups is 2. The number of H-pyrrole nitrogens is 1. The zero-order chi connectivity index (χ0) is 23.4. The van der Waals surface area contributed by atoms with Gasteiger partial charge in [0.15, 0.2) is 0 Å². The third-order valence-corrected chi connectivity index (χ3v) is 5.55. The predicted octanol–water partition coefficient (Wildman–Crippen LogP) is 2.60. The molecule has 9 nitrogen and oxygen atoms in total. The fraction of sp³-hybridized carbons (Fsp3) is 0.304. The normalized spacial score (nSPS) is 13.3. The smallest absolute Gasteiger partial charge is 0.252 e. The summed E-state index contributed by atoms with van der Waals surface area (Å²) in [4.78, 5) is 33.3. The summed E-state index contributed by atoms with van der Waals surface area (Å²) >= 11 is 0. The molecule has 2 amide bonds. The molecule has 1 atom stereocenters. The van der Waals surface area contributed by atoms with Crippen LogP contribution in [0.4, 0.5) is 4.39 Å². The van der Waals surface area contributed by atoms with Gasteiger partial charge in [-0.05, 0) is 36.6 Å². The van der Waals surface area contributed by atoms with E-state index in [0.29, 0.717) is 54.1 Å². The van der Waals surface area contributed by atoms with Gasteiger partial charge in [-0.3, -0.25) is 15.0 Å². The number of halogens is 1. The van der Waals surface area contributed by atoms with Crippen molar-refractivity contribution in [3.8, 4) is 5.75 Å². The number of ether oxygens (including phenoxy) is 1. The van der Waals surface area contributed by atoms with E-state index >= 15 is 0 Å². The van der Waals surface area contributed by atoms with Gasteiger partial charge in [0.05, 0.1) is 29.8 Å². The number of amides is 2. The number of imidazole rings is 1. The number of hydrogen-bond acceptors (Lipinski definition) is 5. The van der Waals surface area contributed by atoms with Crippen molar-refractivity contribution in [2.45, 2.75) is 25.4 Å². The number of aromatic amines is 1. The van der Waals surface area contributed by atoms with Crippen molar-refractivity contribution >= 4 is 28.7 Å². The highest BCUT2D eigenvalue weighted by Crippen LogP contribution is 2.27. The molecule has 33 heavy (non-hydrogen) atoms. The van der Waals surface area contributed by atoms with Crippen LogP contribution in [0.1, 0.15) is 51.0 Å². The quantitative estimate of drug-likeness (QED) is 0.193. The number of rotatable bonds is 9. The maximum Gasteiger partial charge on any atom is 0.252 e. The highest BCUT2D eigenvalue weighted by atomic mass is 19.1. The van der Waals surface area contributed by atoms with Crippen LogP contribution in [0, 0.1) is 5.41 Å². The van der Waals surface area contributed by atoms with Gasteiger partial charge in [-0.1, -0.05) is 18.2 Å². The van der Waals surface area contributed by atoms with Crippen LogP contribution < -0.4 is 20.7 Å². The van der Waals surface area contributed by atoms with E-state index in [2.05, 4.69) is 25.9 Å². The summed E-state index contributed by atoms with van der Waals surface area (Å²) in [5.74, 6) is 0.312. The first kappa shape index (κ1) is 22.3. The number of benzene rings is 2. The second-order valence-corrected chi connectivity index (χ2v) is 7.71. The molecular weight excluding hydrogens is 427 g/mol. The molecule has 0 aliphatic carbocycles. The van der Waals surface area contributed by atoms with Gasteiger partial charge < -0.3 is 25.7 Å². The summed E-state index contributed by atoms with van der Waals surface area (Å²) in [5.41, 5.74) is 2.88. The van der Waals surface area contributed by atoms with Gasteiger partial charge in [0.25, 0.3) is 11.8 Å². The zero-order valence-electron chi connectivity index (χ0n) is 18.1. The Bertz CT molecular complexity index is 1210. The minimum atomic E-state index is -0.856. The number of amidine groups is 1. The fourth-order valence-corrected chi connectivity index (χ4v) is 3.93. The number of fused-ring (bicyclic) bond motifs is 2. The number of nitrogens with one attached hydrogen (secondary N) is 5. The van der Waals surface area contributed by atoms with Gasteiger partial charge >= 0.3 is 0 Å². The summed E-state index contributed by atoms with van der Waals surface area (Å²) in [6, 6.07) is 10.2. The average molecular weight is 452 g/mol. The van der Waals surface area contributed by atoms with E-state index in [1.54, 1.807) is 25.3 Å². The number of hydrogen-bond donors (Lipinski definition) is 5. The zero-order valence-corrected chi connectivity index (χ0v) is 18.1. The molecule has 172 valence electrons. The highest BCUT2D eigenvalue weighted by Gasteiger charge is 2.27. The van der Waals surface area contributed by atoms with Crippen LogP contribution in [0.3, 0.4) is 0 Å². The Balaban J connectivity index is 1.59. The van der Waals surface area contributed by atoms with Crippen molar-refractivity contribution < 1.29 is 18.7 Å². The molecule has 0 saturated heterocycles. The minimum absolute atomic E-state index is 0.185. The molecular formula is C23H25FN6O3. The van der Waals surface area contributed by atoms with E-state index in [-0.39, 0.29) is 17.6 Å². The Morgan fingerprint density at radius 2 is 2.12 bits per heavy atom. The van der Waals surface area contributed by atoms with Crippen LogP contribution in [-0.4, -0.2) is 47.9 Å². The van der Waals surface area contributed by atoms with Crippen molar-refractivity contribution in [2.24, 2.45) is 0 Å². The van der Waals surface area contributed by atoms with E-state index in [0.717, 1.165) is 11.1 Å². The van der Waals surface area contributed by atoms with E-state index in [4.69, 9.17) is 10.1 Å². The van der Waals surface area contributed by atoms with Gasteiger partial charge in [-0.25, -0.2) is 9.37 Å². The molecule has 1 unspecified atom stereocenters. The second-order valence-electron chi connectivity index (χ2n) is 7.71. The van der Waals surface area contributed by atoms with Crippen LogP contribution in [0.5, 0.6) is 5.75 Å². The molecule has 3 aromatic rings. The molecule has 0 radical (unpaired) electrons. The van der Waals surface area contributed by atoms with Crippen LogP contribution in [0.25, 0.3) is 11.0 Å². The molecule has 0 bridgehead atoms. The lowest BCUT2D eigenvalue weighted by Crippen LogP contribution is -2.32. The summed E-state index contributed by atoms with van der Waals surface area (Å²) in [7, 11) is 1.56. The number of para-hydroxylation sites is 1. The van der Waals surface area contributed by atoms with Crippen molar-refractivity contribution in [3.63, 3.8) is 0 Å². The second kappa shape index (κ2) is 9.68. The van der Waals surface area contributed by atoms with Crippen LogP contribution in [0.2, 0.25) is 0 Å². The molecule has 5 N–H and O–H groups in total. The first-order valence-electron chi connectivity index (χ1n) is 10.6. The van der Waals surface area contributed by atoms with E-state index in [1.165, 1.54) is 0 Å². The summed E-state index contributed by atoms with van der Waals surface area (Å²) in [6.45, 7) is -0.0825. The molecule has 0 fully saturated rings. The standard InChI is InChI=1S/C23H25FN6O3/c1-33-17-9-3-7-15-20(17)30-21(28-15)16(8-4-10-26-18(25)11-24)29-22(31)14-6-2-5-13-12-27-23(32)19(13)14/h2-3,5-7,9,16H,4,8,10-12H2,1H3,(H2,25,26)(H,27,32)(H,28,30)(H,29,31). The van der Waals surface area contributed by atoms with E-state index < -0.39 is 12.7 Å². The Hall–Kier alpha value is -3.95. The lowest BCUT2D eigenvalue weighted by atomic mass is 10.0. The molecule has 2 heterocycles. The average Bonchev–Trinajstić information content (AvgIpc) is 3.44. The first-order chi connectivity index (χ1) is 16.0. The number of methoxy groups -OCH3 is 1. The van der Waals surface area contributed by atoms with Crippen molar-refractivity contribution in [2.75, 3.05) is 20.3 Å². The van der Waals surface area contributed by atoms with Crippen molar-refractivity contribution in [3.05, 3.63) is 58.9 Å². The van der Waals surface area contributed by atoms with Crippen LogP contribution >= 0.6 is 0 Å². The van der Waals surface area contributed by atoms with Crippen molar-refractivity contribution in [1.29, 1.82) is 5.41 Å². The maximum atomic E-state index is 13.2. The first-order valence-corrected chi connectivity index (χ1v) is 10.6. The molecule has 0 spiro atoms. The number of nitrogens with zero attached hydrogens (tertiary/aromatic N) is 1. The van der Waals surface area contributed by atoms with Gasteiger partial charge in [-0.15, -0.1) is 0 Å². The highest BCUT2D eigenvalue weighted by molar-refractivity contribution is 6.09. The molecule has 10 heteroatoms. The predicted molar refractivity (Wildman–Crippen MR) is 121 cm³/mol. The maximum absolute atomic E-state index is 13.2. The van der Waals surface area contributed by atoms with E-state index in [1.807, 2.05) is 18.2 Å². The monoisotopic (exact) mass is 452 g/mol. The number of alkyl halides is 1. The number of carbonyl (C=O) groups excluding carboxylic acids is 2. The van der Waals surface area contributed by atoms with E-state index in [9.17, 15) is 14.0 Å². The number of aromatic nitrogens is 2. The Kier molecular flexibility index (Phi) is 6.53. The molecule has 1 aromatic heterocycles. The summed E-state index contributed by atoms with van der Waals surface area (Å²) in [5, 5.41) is 15.8. The third kappa shape index (κ3) is 4.64. The third-order valence-electron chi connectivity index (χ3n) is 5.55. The van der Waals surface area contributed by atoms with Crippen LogP contribution in [-0.2, 0) is 6.54 Å². The summed E-state index contributed by atoms with van der Waals surface area (Å²) in [6.07, 6.45) is 1.02. The fourth-order valence-electron chi connectivity index (χ4n) is 3.93. The molecule has 4 rings (SSSR count). The van der Waals surface area contributed by atoms with Gasteiger partial charge in [0.2, 0.25) is 0 Å². The van der Waals surface area contributed by atoms with Gasteiger partial charge in [0, 0.05) is 13.1 Å². The lowest BCUT2D eigenvalue weighted by molar-refractivity contribution is 0.0912. The van der Waals surface area contributed by atoms with Crippen LogP contribution in [0.15, 0.2) is 36.4 Å². The van der Waals surface area contributed by atoms with Gasteiger partial charge in [-0.2, -0.15) is 0 Å². The SMILES string of the molecule is COc1cccc2[nH]c(C(CCCNC(=N)CF)NC(=O)c3cccc4c3C(=O)NC4)nc12. The topological polar surface area (TPSA) is 132 Å². The minimum Gasteiger partial charge on any atom is -0.494 e. The largest absolute Gasteiger partial charge is 0.494 e. The Morgan fingerprint density at radius 1 is 1.30 bits per heavy atom.